The van der Waals surface area contributed by atoms with Crippen LogP contribution >= 0.6 is 15.9 Å². The average molecular weight is 374 g/mol. The second-order valence-corrected chi connectivity index (χ2v) is 6.79. The maximum Gasteiger partial charge on any atom is 0.223 e. The molecule has 1 aliphatic rings. The first-order chi connectivity index (χ1) is 11.2. The zero-order chi connectivity index (χ0) is 16.2. The molecular weight excluding hydrogens is 354 g/mol. The summed E-state index contributed by atoms with van der Waals surface area (Å²) in [5.74, 6) is 1.07. The van der Waals surface area contributed by atoms with Crippen molar-refractivity contribution in [3.8, 4) is 5.75 Å². The van der Waals surface area contributed by atoms with Gasteiger partial charge in [-0.15, -0.1) is 0 Å². The number of fused-ring (bicyclic) bond motifs is 1. The molecule has 0 fully saturated rings. The van der Waals surface area contributed by atoms with Crippen molar-refractivity contribution in [2.45, 2.75) is 19.3 Å². The second kappa shape index (κ2) is 7.18. The summed E-state index contributed by atoms with van der Waals surface area (Å²) in [5, 5.41) is 3.07. The molecule has 0 heterocycles. The van der Waals surface area contributed by atoms with Gasteiger partial charge in [0.15, 0.2) is 0 Å². The standard InChI is InChI=1S/C19H20BrNO2/c1-23-18-5-3-2-4-13(18)8-9-21-19(22)16-10-14-6-7-17(20)12-15(14)11-16/h2-7,12,16H,8-11H2,1H3,(H,21,22). The Labute approximate surface area is 145 Å². The molecule has 3 rings (SSSR count). The van der Waals surface area contributed by atoms with E-state index in [4.69, 9.17) is 4.74 Å². The van der Waals surface area contributed by atoms with Crippen LogP contribution in [-0.2, 0) is 24.1 Å². The predicted molar refractivity (Wildman–Crippen MR) is 94.7 cm³/mol. The number of benzene rings is 2. The predicted octanol–water partition coefficient (Wildman–Crippen LogP) is 3.53. The smallest absolute Gasteiger partial charge is 0.223 e. The van der Waals surface area contributed by atoms with E-state index in [0.29, 0.717) is 6.54 Å². The van der Waals surface area contributed by atoms with Crippen LogP contribution in [0.2, 0.25) is 0 Å². The normalized spacial score (nSPS) is 16.0. The molecule has 0 saturated heterocycles. The number of amides is 1. The summed E-state index contributed by atoms with van der Waals surface area (Å²) in [7, 11) is 1.67. The molecular formula is C19H20BrNO2. The van der Waals surface area contributed by atoms with Gasteiger partial charge < -0.3 is 10.1 Å². The Bertz CT molecular complexity index is 714. The molecule has 23 heavy (non-hydrogen) atoms. The highest BCUT2D eigenvalue weighted by molar-refractivity contribution is 9.10. The minimum Gasteiger partial charge on any atom is -0.496 e. The van der Waals surface area contributed by atoms with E-state index in [9.17, 15) is 4.79 Å². The molecule has 0 saturated carbocycles. The van der Waals surface area contributed by atoms with Gasteiger partial charge in [0.2, 0.25) is 5.91 Å². The first kappa shape index (κ1) is 16.1. The summed E-state index contributed by atoms with van der Waals surface area (Å²) >= 11 is 3.49. The first-order valence-corrected chi connectivity index (χ1v) is 8.63. The fraction of sp³-hybridized carbons (Fsp3) is 0.316. The van der Waals surface area contributed by atoms with Crippen LogP contribution in [0.1, 0.15) is 16.7 Å². The monoisotopic (exact) mass is 373 g/mol. The topological polar surface area (TPSA) is 38.3 Å². The van der Waals surface area contributed by atoms with E-state index in [2.05, 4.69) is 33.4 Å². The SMILES string of the molecule is COc1ccccc1CCNC(=O)C1Cc2ccc(Br)cc2C1. The summed E-state index contributed by atoms with van der Waals surface area (Å²) in [4.78, 5) is 12.4. The Balaban J connectivity index is 1.53. The van der Waals surface area contributed by atoms with Crippen LogP contribution in [0.3, 0.4) is 0 Å². The molecule has 1 N–H and O–H groups in total. The molecule has 1 unspecified atom stereocenters. The van der Waals surface area contributed by atoms with Crippen molar-refractivity contribution in [3.63, 3.8) is 0 Å². The van der Waals surface area contributed by atoms with Gasteiger partial charge in [0.05, 0.1) is 7.11 Å². The summed E-state index contributed by atoms with van der Waals surface area (Å²) in [5.41, 5.74) is 3.69. The molecule has 0 spiro atoms. The van der Waals surface area contributed by atoms with Gasteiger partial charge in [-0.3, -0.25) is 4.79 Å². The molecule has 1 atom stereocenters. The van der Waals surface area contributed by atoms with Gasteiger partial charge in [-0.2, -0.15) is 0 Å². The fourth-order valence-corrected chi connectivity index (χ4v) is 3.55. The summed E-state index contributed by atoms with van der Waals surface area (Å²) < 4.78 is 6.42. The molecule has 0 aromatic heterocycles. The lowest BCUT2D eigenvalue weighted by Gasteiger charge is -2.12. The van der Waals surface area contributed by atoms with Crippen LogP contribution < -0.4 is 10.1 Å². The van der Waals surface area contributed by atoms with E-state index in [1.807, 2.05) is 30.3 Å². The zero-order valence-electron chi connectivity index (χ0n) is 13.1. The van der Waals surface area contributed by atoms with E-state index < -0.39 is 0 Å². The van der Waals surface area contributed by atoms with Gasteiger partial charge in [0, 0.05) is 16.9 Å². The van der Waals surface area contributed by atoms with Crippen molar-refractivity contribution in [2.24, 2.45) is 5.92 Å². The van der Waals surface area contributed by atoms with Crippen molar-refractivity contribution < 1.29 is 9.53 Å². The Hall–Kier alpha value is -1.81. The van der Waals surface area contributed by atoms with Crippen LogP contribution in [-0.4, -0.2) is 19.6 Å². The van der Waals surface area contributed by atoms with E-state index >= 15 is 0 Å². The minimum atomic E-state index is 0.0527. The van der Waals surface area contributed by atoms with E-state index in [1.165, 1.54) is 11.1 Å². The summed E-state index contributed by atoms with van der Waals surface area (Å²) in [6, 6.07) is 14.2. The van der Waals surface area contributed by atoms with Gasteiger partial charge in [-0.1, -0.05) is 40.2 Å². The lowest BCUT2D eigenvalue weighted by molar-refractivity contribution is -0.124. The number of rotatable bonds is 5. The highest BCUT2D eigenvalue weighted by Crippen LogP contribution is 2.29. The molecule has 0 aliphatic heterocycles. The van der Waals surface area contributed by atoms with Crippen molar-refractivity contribution in [3.05, 3.63) is 63.6 Å². The molecule has 0 radical (unpaired) electrons. The van der Waals surface area contributed by atoms with E-state index in [1.54, 1.807) is 7.11 Å². The number of halogens is 1. The average Bonchev–Trinajstić information content (AvgIpc) is 2.98. The molecule has 120 valence electrons. The highest BCUT2D eigenvalue weighted by atomic mass is 79.9. The number of carbonyl (C=O) groups excluding carboxylic acids is 1. The quantitative estimate of drug-likeness (QED) is 0.870. The molecule has 0 bridgehead atoms. The number of carbonyl (C=O) groups is 1. The van der Waals surface area contributed by atoms with Gasteiger partial charge in [0.1, 0.15) is 5.75 Å². The zero-order valence-corrected chi connectivity index (χ0v) is 14.7. The third-order valence-corrected chi connectivity index (χ3v) is 4.85. The van der Waals surface area contributed by atoms with Crippen molar-refractivity contribution in [1.82, 2.24) is 5.32 Å². The number of para-hydroxylation sites is 1. The van der Waals surface area contributed by atoms with E-state index in [0.717, 1.165) is 35.0 Å². The third-order valence-electron chi connectivity index (χ3n) is 4.36. The van der Waals surface area contributed by atoms with Gasteiger partial charge in [-0.05, 0) is 54.2 Å². The Morgan fingerprint density at radius 2 is 2.00 bits per heavy atom. The number of methoxy groups -OCH3 is 1. The minimum absolute atomic E-state index is 0.0527. The Morgan fingerprint density at radius 3 is 2.83 bits per heavy atom. The van der Waals surface area contributed by atoms with Crippen LogP contribution in [0.5, 0.6) is 5.75 Å². The molecule has 1 aliphatic carbocycles. The summed E-state index contributed by atoms with van der Waals surface area (Å²) in [6.45, 7) is 0.635. The maximum absolute atomic E-state index is 12.4. The fourth-order valence-electron chi connectivity index (χ4n) is 3.15. The van der Waals surface area contributed by atoms with Gasteiger partial charge in [0.25, 0.3) is 0 Å². The van der Waals surface area contributed by atoms with Crippen LogP contribution in [0.25, 0.3) is 0 Å². The number of hydrogen-bond acceptors (Lipinski definition) is 2. The maximum atomic E-state index is 12.4. The largest absolute Gasteiger partial charge is 0.496 e. The molecule has 4 heteroatoms. The van der Waals surface area contributed by atoms with Gasteiger partial charge >= 0.3 is 0 Å². The van der Waals surface area contributed by atoms with Crippen molar-refractivity contribution in [2.75, 3.05) is 13.7 Å². The first-order valence-electron chi connectivity index (χ1n) is 7.84. The lowest BCUT2D eigenvalue weighted by Crippen LogP contribution is -2.32. The molecule has 2 aromatic carbocycles. The van der Waals surface area contributed by atoms with Crippen molar-refractivity contribution in [1.29, 1.82) is 0 Å². The van der Waals surface area contributed by atoms with Crippen molar-refractivity contribution >= 4 is 21.8 Å². The van der Waals surface area contributed by atoms with Crippen LogP contribution in [0.15, 0.2) is 46.9 Å². The number of hydrogen-bond donors (Lipinski definition) is 1. The summed E-state index contributed by atoms with van der Waals surface area (Å²) in [6.07, 6.45) is 2.44. The molecule has 2 aromatic rings. The lowest BCUT2D eigenvalue weighted by atomic mass is 10.1. The Morgan fingerprint density at radius 1 is 1.22 bits per heavy atom. The number of ether oxygens (including phenoxy) is 1. The number of nitrogens with one attached hydrogen (secondary N) is 1. The van der Waals surface area contributed by atoms with Crippen LogP contribution in [0, 0.1) is 5.92 Å². The second-order valence-electron chi connectivity index (χ2n) is 5.87. The van der Waals surface area contributed by atoms with Crippen LogP contribution in [0.4, 0.5) is 0 Å². The third kappa shape index (κ3) is 3.75. The Kier molecular flexibility index (Phi) is 5.01. The molecule has 1 amide bonds. The van der Waals surface area contributed by atoms with Gasteiger partial charge in [-0.25, -0.2) is 0 Å². The highest BCUT2D eigenvalue weighted by Gasteiger charge is 2.27. The molecule has 3 nitrogen and oxygen atoms in total. The van der Waals surface area contributed by atoms with E-state index in [-0.39, 0.29) is 11.8 Å².